The lowest BCUT2D eigenvalue weighted by Gasteiger charge is -2.50. The topological polar surface area (TPSA) is 58.3 Å². The van der Waals surface area contributed by atoms with Gasteiger partial charge in [0, 0.05) is 49.6 Å². The Hall–Kier alpha value is -2.09. The fourth-order valence-electron chi connectivity index (χ4n) is 4.79. The molecule has 2 aromatic heterocycles. The lowest BCUT2D eigenvalue weighted by atomic mass is 9.71. The zero-order valence-corrected chi connectivity index (χ0v) is 17.2. The number of hydrogen-bond acceptors (Lipinski definition) is 7. The van der Waals surface area contributed by atoms with Gasteiger partial charge in [0.15, 0.2) is 5.82 Å². The minimum Gasteiger partial charge on any atom is -0.339 e. The summed E-state index contributed by atoms with van der Waals surface area (Å²) in [5.74, 6) is 1.83. The maximum absolute atomic E-state index is 5.62. The molecule has 0 aliphatic carbocycles. The summed E-state index contributed by atoms with van der Waals surface area (Å²) in [6, 6.07) is 10.7. The highest BCUT2D eigenvalue weighted by Crippen LogP contribution is 2.49. The van der Waals surface area contributed by atoms with Crippen molar-refractivity contribution in [3.05, 3.63) is 63.7 Å². The average Bonchev–Trinajstić information content (AvgIpc) is 3.35. The normalized spacial score (nSPS) is 22.0. The van der Waals surface area contributed by atoms with E-state index in [1.165, 1.54) is 10.4 Å². The van der Waals surface area contributed by atoms with Gasteiger partial charge in [-0.05, 0) is 19.4 Å². The largest absolute Gasteiger partial charge is 0.339 e. The highest BCUT2D eigenvalue weighted by atomic mass is 32.1. The van der Waals surface area contributed by atoms with E-state index in [0.717, 1.165) is 56.7 Å². The third kappa shape index (κ3) is 3.27. The van der Waals surface area contributed by atoms with Crippen molar-refractivity contribution in [2.24, 2.45) is 5.41 Å². The number of thiazole rings is 1. The van der Waals surface area contributed by atoms with Gasteiger partial charge in [-0.1, -0.05) is 35.5 Å². The molecule has 1 aromatic carbocycles. The van der Waals surface area contributed by atoms with E-state index < -0.39 is 0 Å². The van der Waals surface area contributed by atoms with Gasteiger partial charge < -0.3 is 4.52 Å². The summed E-state index contributed by atoms with van der Waals surface area (Å²) in [5.41, 5.74) is 4.66. The van der Waals surface area contributed by atoms with Crippen molar-refractivity contribution in [1.29, 1.82) is 0 Å². The number of nitrogens with zero attached hydrogens (tertiary/aromatic N) is 5. The van der Waals surface area contributed by atoms with Crippen LogP contribution in [0.4, 0.5) is 0 Å². The number of aryl methyl sites for hydroxylation is 2. The van der Waals surface area contributed by atoms with Crippen molar-refractivity contribution in [3.8, 4) is 0 Å². The second-order valence-electron chi connectivity index (χ2n) is 8.26. The van der Waals surface area contributed by atoms with Crippen molar-refractivity contribution in [2.45, 2.75) is 32.9 Å². The van der Waals surface area contributed by atoms with E-state index in [9.17, 15) is 0 Å². The van der Waals surface area contributed by atoms with Gasteiger partial charge >= 0.3 is 0 Å². The second-order valence-corrected chi connectivity index (χ2v) is 9.20. The molecule has 4 heterocycles. The van der Waals surface area contributed by atoms with E-state index in [-0.39, 0.29) is 5.41 Å². The van der Waals surface area contributed by atoms with Crippen LogP contribution in [0.15, 0.2) is 40.4 Å². The highest BCUT2D eigenvalue weighted by molar-refractivity contribution is 7.09. The van der Waals surface area contributed by atoms with Gasteiger partial charge in [0.25, 0.3) is 0 Å². The van der Waals surface area contributed by atoms with Crippen molar-refractivity contribution in [2.75, 3.05) is 26.2 Å². The smallest absolute Gasteiger partial charge is 0.231 e. The maximum atomic E-state index is 5.62. The van der Waals surface area contributed by atoms with E-state index >= 15 is 0 Å². The summed E-state index contributed by atoms with van der Waals surface area (Å²) in [5, 5.41) is 4.06. The first-order valence-electron chi connectivity index (χ1n) is 9.79. The molecule has 7 heteroatoms. The molecule has 146 valence electrons. The Kier molecular flexibility index (Phi) is 4.53. The van der Waals surface area contributed by atoms with Crippen molar-refractivity contribution in [1.82, 2.24) is 24.9 Å². The molecule has 1 spiro atoms. The second kappa shape index (κ2) is 7.06. The number of likely N-dealkylation sites (tertiary alicyclic amines) is 2. The Morgan fingerprint density at radius 3 is 2.57 bits per heavy atom. The van der Waals surface area contributed by atoms with Gasteiger partial charge in [0.05, 0.1) is 17.1 Å². The summed E-state index contributed by atoms with van der Waals surface area (Å²) in [6.07, 6.45) is 0. The van der Waals surface area contributed by atoms with E-state index in [1.54, 1.807) is 11.3 Å². The third-order valence-electron chi connectivity index (χ3n) is 6.10. The molecule has 5 rings (SSSR count). The summed E-state index contributed by atoms with van der Waals surface area (Å²) in [6.45, 7) is 10.2. The summed E-state index contributed by atoms with van der Waals surface area (Å²) >= 11 is 1.76. The van der Waals surface area contributed by atoms with Gasteiger partial charge in [0.1, 0.15) is 0 Å². The van der Waals surface area contributed by atoms with Crippen LogP contribution >= 0.6 is 11.3 Å². The lowest BCUT2D eigenvalue weighted by molar-refractivity contribution is -0.0145. The number of rotatable bonds is 5. The monoisotopic (exact) mass is 395 g/mol. The van der Waals surface area contributed by atoms with Crippen molar-refractivity contribution >= 4 is 11.3 Å². The van der Waals surface area contributed by atoms with E-state index in [0.29, 0.717) is 5.92 Å². The van der Waals surface area contributed by atoms with Gasteiger partial charge in [0.2, 0.25) is 5.89 Å². The van der Waals surface area contributed by atoms with Gasteiger partial charge in [-0.2, -0.15) is 4.98 Å². The fourth-order valence-corrected chi connectivity index (χ4v) is 5.60. The van der Waals surface area contributed by atoms with Crippen LogP contribution in [0.1, 0.15) is 33.8 Å². The Morgan fingerprint density at radius 1 is 1.11 bits per heavy atom. The van der Waals surface area contributed by atoms with Crippen LogP contribution < -0.4 is 0 Å². The molecule has 3 aromatic rings. The Labute approximate surface area is 169 Å². The van der Waals surface area contributed by atoms with Crippen LogP contribution in [0.3, 0.4) is 0 Å². The molecule has 0 radical (unpaired) electrons. The molecule has 2 saturated heterocycles. The van der Waals surface area contributed by atoms with E-state index in [4.69, 9.17) is 4.52 Å². The molecule has 2 fully saturated rings. The first-order valence-corrected chi connectivity index (χ1v) is 10.7. The van der Waals surface area contributed by atoms with Crippen LogP contribution in [0.5, 0.6) is 0 Å². The molecule has 0 saturated carbocycles. The molecule has 2 aliphatic rings. The highest BCUT2D eigenvalue weighted by Gasteiger charge is 2.56. The molecule has 1 unspecified atom stereocenters. The number of aromatic nitrogens is 3. The Morgan fingerprint density at radius 2 is 1.89 bits per heavy atom. The van der Waals surface area contributed by atoms with Crippen molar-refractivity contribution < 1.29 is 4.52 Å². The minimum atomic E-state index is 0.201. The minimum absolute atomic E-state index is 0.201. The van der Waals surface area contributed by atoms with Crippen LogP contribution in [0, 0.1) is 19.3 Å². The van der Waals surface area contributed by atoms with Gasteiger partial charge in [-0.25, -0.2) is 4.98 Å². The first kappa shape index (κ1) is 18.0. The summed E-state index contributed by atoms with van der Waals surface area (Å²) in [4.78, 5) is 15.4. The Bertz CT molecular complexity index is 947. The zero-order valence-electron chi connectivity index (χ0n) is 16.3. The third-order valence-corrected chi connectivity index (χ3v) is 7.02. The SMILES string of the molecule is Cc1noc(C2CN(Cc3ccccc3)CC23CN(Cc2scnc2C)C3)n1. The van der Waals surface area contributed by atoms with Gasteiger partial charge in [-0.3, -0.25) is 9.80 Å². The summed E-state index contributed by atoms with van der Waals surface area (Å²) in [7, 11) is 0. The number of benzene rings is 1. The summed E-state index contributed by atoms with van der Waals surface area (Å²) < 4.78 is 5.62. The molecule has 1 atom stereocenters. The molecule has 0 N–H and O–H groups in total. The van der Waals surface area contributed by atoms with Crippen LogP contribution in [0.2, 0.25) is 0 Å². The van der Waals surface area contributed by atoms with Gasteiger partial charge in [-0.15, -0.1) is 11.3 Å². The van der Waals surface area contributed by atoms with Crippen molar-refractivity contribution in [3.63, 3.8) is 0 Å². The molecule has 0 bridgehead atoms. The average molecular weight is 396 g/mol. The molecule has 6 nitrogen and oxygen atoms in total. The van der Waals surface area contributed by atoms with E-state index in [2.05, 4.69) is 62.2 Å². The zero-order chi connectivity index (χ0) is 19.1. The predicted octanol–water partition coefficient (Wildman–Crippen LogP) is 3.24. The predicted molar refractivity (Wildman–Crippen MR) is 108 cm³/mol. The Balaban J connectivity index is 1.33. The molecule has 28 heavy (non-hydrogen) atoms. The number of hydrogen-bond donors (Lipinski definition) is 0. The van der Waals surface area contributed by atoms with E-state index in [1.807, 2.05) is 12.4 Å². The fraction of sp³-hybridized carbons (Fsp3) is 0.476. The molecule has 2 aliphatic heterocycles. The molecular formula is C21H25N5OS. The van der Waals surface area contributed by atoms with Crippen LogP contribution in [-0.2, 0) is 13.1 Å². The van der Waals surface area contributed by atoms with Crippen LogP contribution in [0.25, 0.3) is 0 Å². The first-order chi connectivity index (χ1) is 13.6. The van der Waals surface area contributed by atoms with Crippen LogP contribution in [-0.4, -0.2) is 51.1 Å². The molecule has 0 amide bonds. The standard InChI is InChI=1S/C21H25N5OS/c1-15-19(28-14-22-15)10-26-12-21(13-26)11-25(8-17-6-4-3-5-7-17)9-18(21)20-23-16(2)24-27-20/h3-7,14,18H,8-13H2,1-2H3. The maximum Gasteiger partial charge on any atom is 0.231 e. The molecular weight excluding hydrogens is 370 g/mol. The lowest BCUT2D eigenvalue weighted by Crippen LogP contribution is -2.59. The quantitative estimate of drug-likeness (QED) is 0.661.